The van der Waals surface area contributed by atoms with Gasteiger partial charge in [-0.2, -0.15) is 0 Å². The molecule has 0 aromatic heterocycles. The third kappa shape index (κ3) is 4.25. The zero-order valence-electron chi connectivity index (χ0n) is 9.62. The Kier molecular flexibility index (Phi) is 4.55. The first-order chi connectivity index (χ1) is 8.33. The van der Waals surface area contributed by atoms with Crippen LogP contribution in [0.1, 0.15) is 6.92 Å². The normalized spacial score (nSPS) is 12.9. The maximum Gasteiger partial charge on any atom is 0.573 e. The van der Waals surface area contributed by atoms with E-state index >= 15 is 0 Å². The van der Waals surface area contributed by atoms with Crippen molar-refractivity contribution in [1.82, 2.24) is 0 Å². The van der Waals surface area contributed by atoms with Crippen molar-refractivity contribution in [3.63, 3.8) is 0 Å². The topological polar surface area (TPSA) is 64.4 Å². The minimum Gasteiger partial charge on any atom is -0.404 e. The number of benzene rings is 1. The molecule has 0 radical (unpaired) electrons. The van der Waals surface area contributed by atoms with Crippen molar-refractivity contribution in [1.29, 1.82) is 0 Å². The first-order valence-electron chi connectivity index (χ1n) is 5.19. The number of ether oxygens (including phenoxy) is 1. The quantitative estimate of drug-likeness (QED) is 0.873. The van der Waals surface area contributed by atoms with E-state index in [-0.39, 0.29) is 12.2 Å². The highest BCUT2D eigenvalue weighted by Gasteiger charge is 2.32. The molecule has 0 saturated carbocycles. The van der Waals surface area contributed by atoms with Crippen LogP contribution in [-0.4, -0.2) is 18.8 Å². The molecule has 0 heterocycles. The second-order valence-corrected chi connectivity index (χ2v) is 3.67. The predicted molar refractivity (Wildman–Crippen MR) is 60.0 cm³/mol. The van der Waals surface area contributed by atoms with E-state index in [1.807, 2.05) is 0 Å². The summed E-state index contributed by atoms with van der Waals surface area (Å²) in [6, 6.07) is 5.31. The third-order valence-electron chi connectivity index (χ3n) is 2.17. The summed E-state index contributed by atoms with van der Waals surface area (Å²) in [5.74, 6) is -1.41. The molecule has 0 spiro atoms. The van der Waals surface area contributed by atoms with Gasteiger partial charge < -0.3 is 15.8 Å². The number of halogens is 3. The largest absolute Gasteiger partial charge is 0.573 e. The number of rotatable bonds is 4. The van der Waals surface area contributed by atoms with Crippen LogP contribution in [0.15, 0.2) is 24.3 Å². The molecule has 1 aromatic carbocycles. The number of nitrogens with two attached hydrogens (primary N) is 1. The number of hydrogen-bond acceptors (Lipinski definition) is 3. The number of para-hydroxylation sites is 2. The number of alkyl halides is 3. The number of carbonyl (C=O) groups is 1. The van der Waals surface area contributed by atoms with Gasteiger partial charge in [-0.05, 0) is 12.1 Å². The summed E-state index contributed by atoms with van der Waals surface area (Å²) in [4.78, 5) is 11.5. The zero-order chi connectivity index (χ0) is 13.8. The standard InChI is InChI=1S/C11H13F3N2O2/c1-7(6-15)10(17)16-8-4-2-3-5-9(8)18-11(12,13)14/h2-5,7H,6,15H2,1H3,(H,16,17). The van der Waals surface area contributed by atoms with Crippen LogP contribution in [0.2, 0.25) is 0 Å². The van der Waals surface area contributed by atoms with Crippen LogP contribution < -0.4 is 15.8 Å². The van der Waals surface area contributed by atoms with Gasteiger partial charge in [-0.1, -0.05) is 19.1 Å². The van der Waals surface area contributed by atoms with Crippen molar-refractivity contribution < 1.29 is 22.7 Å². The molecule has 4 nitrogen and oxygen atoms in total. The summed E-state index contributed by atoms with van der Waals surface area (Å²) < 4.78 is 40.2. The summed E-state index contributed by atoms with van der Waals surface area (Å²) >= 11 is 0. The van der Waals surface area contributed by atoms with Crippen molar-refractivity contribution in [3.8, 4) is 5.75 Å². The van der Waals surface area contributed by atoms with E-state index in [4.69, 9.17) is 5.73 Å². The molecule has 0 aliphatic rings. The highest BCUT2D eigenvalue weighted by atomic mass is 19.4. The number of hydrogen-bond donors (Lipinski definition) is 2. The van der Waals surface area contributed by atoms with Gasteiger partial charge in [0, 0.05) is 12.5 Å². The van der Waals surface area contributed by atoms with Crippen LogP contribution >= 0.6 is 0 Å². The number of amides is 1. The molecule has 1 atom stereocenters. The van der Waals surface area contributed by atoms with Gasteiger partial charge in [0.15, 0.2) is 5.75 Å². The van der Waals surface area contributed by atoms with Crippen LogP contribution in [0, 0.1) is 5.92 Å². The fourth-order valence-electron chi connectivity index (χ4n) is 1.15. The summed E-state index contributed by atoms with van der Waals surface area (Å²) in [6.45, 7) is 1.68. The molecule has 100 valence electrons. The van der Waals surface area contributed by atoms with E-state index in [9.17, 15) is 18.0 Å². The number of nitrogens with one attached hydrogen (secondary N) is 1. The third-order valence-corrected chi connectivity index (χ3v) is 2.17. The van der Waals surface area contributed by atoms with Crippen molar-refractivity contribution in [2.24, 2.45) is 11.7 Å². The molecule has 1 aromatic rings. The molecule has 1 amide bonds. The van der Waals surface area contributed by atoms with Crippen LogP contribution in [0.5, 0.6) is 5.75 Å². The maximum atomic E-state index is 12.1. The molecular weight excluding hydrogens is 249 g/mol. The van der Waals surface area contributed by atoms with Gasteiger partial charge in [0.25, 0.3) is 0 Å². The molecule has 1 unspecified atom stereocenters. The van der Waals surface area contributed by atoms with Crippen LogP contribution in [0.4, 0.5) is 18.9 Å². The van der Waals surface area contributed by atoms with Gasteiger partial charge in [0.1, 0.15) is 0 Å². The highest BCUT2D eigenvalue weighted by molar-refractivity contribution is 5.93. The van der Waals surface area contributed by atoms with Gasteiger partial charge in [0.05, 0.1) is 5.69 Å². The lowest BCUT2D eigenvalue weighted by Gasteiger charge is -2.15. The molecule has 3 N–H and O–H groups in total. The minimum absolute atomic E-state index is 0.0416. The summed E-state index contributed by atoms with van der Waals surface area (Å²) in [5.41, 5.74) is 5.25. The monoisotopic (exact) mass is 262 g/mol. The molecule has 0 fully saturated rings. The Hall–Kier alpha value is -1.76. The Morgan fingerprint density at radius 1 is 1.44 bits per heavy atom. The van der Waals surface area contributed by atoms with Gasteiger partial charge in [-0.3, -0.25) is 4.79 Å². The average molecular weight is 262 g/mol. The lowest BCUT2D eigenvalue weighted by Crippen LogP contribution is -2.27. The van der Waals surface area contributed by atoms with Crippen molar-refractivity contribution in [3.05, 3.63) is 24.3 Å². The number of anilines is 1. The second-order valence-electron chi connectivity index (χ2n) is 3.67. The van der Waals surface area contributed by atoms with Crippen LogP contribution in [-0.2, 0) is 4.79 Å². The SMILES string of the molecule is CC(CN)C(=O)Nc1ccccc1OC(F)(F)F. The van der Waals surface area contributed by atoms with Crippen LogP contribution in [0.25, 0.3) is 0 Å². The van der Waals surface area contributed by atoms with E-state index < -0.39 is 23.9 Å². The smallest absolute Gasteiger partial charge is 0.404 e. The molecule has 0 bridgehead atoms. The van der Waals surface area contributed by atoms with Crippen molar-refractivity contribution >= 4 is 11.6 Å². The number of carbonyl (C=O) groups excluding carboxylic acids is 1. The van der Waals surface area contributed by atoms with Crippen molar-refractivity contribution in [2.45, 2.75) is 13.3 Å². The fraction of sp³-hybridized carbons (Fsp3) is 0.364. The minimum atomic E-state index is -4.81. The lowest BCUT2D eigenvalue weighted by atomic mass is 10.1. The summed E-state index contributed by atoms with van der Waals surface area (Å²) in [5, 5.41) is 2.34. The first kappa shape index (κ1) is 14.3. The van der Waals surface area contributed by atoms with Gasteiger partial charge >= 0.3 is 6.36 Å². The summed E-state index contributed by atoms with van der Waals surface area (Å²) in [6.07, 6.45) is -4.81. The Labute approximate surface area is 102 Å². The molecule has 0 saturated heterocycles. The van der Waals surface area contributed by atoms with Gasteiger partial charge in [-0.15, -0.1) is 13.2 Å². The molecular formula is C11H13F3N2O2. The van der Waals surface area contributed by atoms with Gasteiger partial charge in [0.2, 0.25) is 5.91 Å². The van der Waals surface area contributed by atoms with E-state index in [0.717, 1.165) is 6.07 Å². The molecule has 7 heteroatoms. The van der Waals surface area contributed by atoms with Crippen molar-refractivity contribution in [2.75, 3.05) is 11.9 Å². The maximum absolute atomic E-state index is 12.1. The van der Waals surface area contributed by atoms with Gasteiger partial charge in [-0.25, -0.2) is 0 Å². The predicted octanol–water partition coefficient (Wildman–Crippen LogP) is 2.12. The van der Waals surface area contributed by atoms with E-state index in [1.165, 1.54) is 18.2 Å². The zero-order valence-corrected chi connectivity index (χ0v) is 9.62. The fourth-order valence-corrected chi connectivity index (χ4v) is 1.15. The molecule has 18 heavy (non-hydrogen) atoms. The van der Waals surface area contributed by atoms with E-state index in [0.29, 0.717) is 0 Å². The van der Waals surface area contributed by atoms with E-state index in [2.05, 4.69) is 10.1 Å². The molecule has 1 rings (SSSR count). The molecule has 0 aliphatic carbocycles. The summed E-state index contributed by atoms with van der Waals surface area (Å²) in [7, 11) is 0. The first-order valence-corrected chi connectivity index (χ1v) is 5.19. The highest BCUT2D eigenvalue weighted by Crippen LogP contribution is 2.30. The van der Waals surface area contributed by atoms with E-state index in [1.54, 1.807) is 6.92 Å². The Morgan fingerprint density at radius 2 is 2.06 bits per heavy atom. The average Bonchev–Trinajstić information content (AvgIpc) is 2.28. The Bertz CT molecular complexity index is 421. The Balaban J connectivity index is 2.86. The second kappa shape index (κ2) is 5.72. The molecule has 0 aliphatic heterocycles. The Morgan fingerprint density at radius 3 is 2.61 bits per heavy atom. The van der Waals surface area contributed by atoms with Crippen LogP contribution in [0.3, 0.4) is 0 Å². The lowest BCUT2D eigenvalue weighted by molar-refractivity contribution is -0.274.